The van der Waals surface area contributed by atoms with Crippen molar-refractivity contribution in [1.29, 1.82) is 0 Å². The largest absolute Gasteiger partial charge is 0.325 e. The number of anilines is 1. The van der Waals surface area contributed by atoms with Crippen LogP contribution in [-0.2, 0) is 16.0 Å². The Bertz CT molecular complexity index is 908. The molecule has 1 fully saturated rings. The molecule has 0 aliphatic carbocycles. The fourth-order valence-electron chi connectivity index (χ4n) is 2.51. The number of thioether (sulfide) groups is 1. The van der Waals surface area contributed by atoms with Crippen molar-refractivity contribution in [3.05, 3.63) is 69.6 Å². The van der Waals surface area contributed by atoms with E-state index in [2.05, 4.69) is 5.32 Å². The van der Waals surface area contributed by atoms with Crippen LogP contribution in [0.2, 0.25) is 5.02 Å². The monoisotopic (exact) mass is 400 g/mol. The van der Waals surface area contributed by atoms with Crippen molar-refractivity contribution in [2.45, 2.75) is 13.3 Å². The molecule has 3 amide bonds. The average Bonchev–Trinajstić information content (AvgIpc) is 2.91. The number of imide groups is 1. The van der Waals surface area contributed by atoms with Crippen molar-refractivity contribution in [2.75, 3.05) is 11.9 Å². The molecule has 2 aromatic rings. The van der Waals surface area contributed by atoms with Crippen LogP contribution in [0, 0.1) is 0 Å². The Labute approximate surface area is 166 Å². The molecule has 5 nitrogen and oxygen atoms in total. The highest BCUT2D eigenvalue weighted by Gasteiger charge is 2.36. The molecule has 0 bridgehead atoms. The third-order valence-corrected chi connectivity index (χ3v) is 5.15. The van der Waals surface area contributed by atoms with Gasteiger partial charge in [0, 0.05) is 10.7 Å². The molecule has 2 aromatic carbocycles. The van der Waals surface area contributed by atoms with Crippen molar-refractivity contribution in [2.24, 2.45) is 0 Å². The number of nitrogens with one attached hydrogen (secondary N) is 1. The van der Waals surface area contributed by atoms with Crippen LogP contribution in [-0.4, -0.2) is 28.5 Å². The quantitative estimate of drug-likeness (QED) is 0.746. The lowest BCUT2D eigenvalue weighted by molar-refractivity contribution is -0.127. The summed E-state index contributed by atoms with van der Waals surface area (Å²) in [7, 11) is 0. The van der Waals surface area contributed by atoms with E-state index in [1.807, 2.05) is 19.1 Å². The maximum absolute atomic E-state index is 12.5. The third kappa shape index (κ3) is 4.78. The fourth-order valence-corrected chi connectivity index (χ4v) is 3.48. The second-order valence-electron chi connectivity index (χ2n) is 5.92. The van der Waals surface area contributed by atoms with Crippen LogP contribution in [0.15, 0.2) is 53.4 Å². The van der Waals surface area contributed by atoms with E-state index in [9.17, 15) is 14.4 Å². The molecule has 1 aliphatic rings. The Kier molecular flexibility index (Phi) is 5.98. The number of benzene rings is 2. The first kappa shape index (κ1) is 19.2. The highest BCUT2D eigenvalue weighted by atomic mass is 35.5. The van der Waals surface area contributed by atoms with E-state index in [4.69, 9.17) is 11.6 Å². The number of amides is 3. The van der Waals surface area contributed by atoms with Gasteiger partial charge in [0.2, 0.25) is 5.91 Å². The number of nitrogens with zero attached hydrogens (tertiary/aromatic N) is 1. The molecule has 0 atom stereocenters. The highest BCUT2D eigenvalue weighted by Crippen LogP contribution is 2.32. The van der Waals surface area contributed by atoms with Gasteiger partial charge >= 0.3 is 0 Å². The second-order valence-corrected chi connectivity index (χ2v) is 7.35. The molecule has 1 aliphatic heterocycles. The summed E-state index contributed by atoms with van der Waals surface area (Å²) in [5, 5.41) is 2.83. The normalized spacial score (nSPS) is 15.5. The Morgan fingerprint density at radius 3 is 2.41 bits per heavy atom. The smallest absolute Gasteiger partial charge is 0.294 e. The van der Waals surface area contributed by atoms with Crippen molar-refractivity contribution >= 4 is 52.2 Å². The number of hydrogen-bond donors (Lipinski definition) is 1. The summed E-state index contributed by atoms with van der Waals surface area (Å²) in [6.07, 6.45) is 2.52. The second kappa shape index (κ2) is 8.41. The summed E-state index contributed by atoms with van der Waals surface area (Å²) < 4.78 is 0. The van der Waals surface area contributed by atoms with E-state index in [-0.39, 0.29) is 11.4 Å². The number of hydrogen-bond acceptors (Lipinski definition) is 4. The lowest BCUT2D eigenvalue weighted by Gasteiger charge is -2.12. The fraction of sp³-hybridized carbons (Fsp3) is 0.150. The molecule has 0 saturated carbocycles. The van der Waals surface area contributed by atoms with E-state index in [1.165, 1.54) is 0 Å². The van der Waals surface area contributed by atoms with Gasteiger partial charge < -0.3 is 5.32 Å². The van der Waals surface area contributed by atoms with Gasteiger partial charge in [-0.3, -0.25) is 19.3 Å². The van der Waals surface area contributed by atoms with Crippen LogP contribution in [0.25, 0.3) is 6.08 Å². The van der Waals surface area contributed by atoms with E-state index in [0.29, 0.717) is 10.7 Å². The van der Waals surface area contributed by atoms with Gasteiger partial charge in [-0.05, 0) is 59.7 Å². The molecule has 0 radical (unpaired) electrons. The third-order valence-electron chi connectivity index (χ3n) is 3.99. The molecule has 138 valence electrons. The van der Waals surface area contributed by atoms with Crippen LogP contribution in [0.1, 0.15) is 18.1 Å². The first-order valence-corrected chi connectivity index (χ1v) is 9.55. The number of rotatable bonds is 5. The van der Waals surface area contributed by atoms with Gasteiger partial charge in [-0.2, -0.15) is 0 Å². The van der Waals surface area contributed by atoms with Crippen LogP contribution in [0.5, 0.6) is 0 Å². The summed E-state index contributed by atoms with van der Waals surface area (Å²) in [4.78, 5) is 38.0. The van der Waals surface area contributed by atoms with Gasteiger partial charge in [-0.15, -0.1) is 0 Å². The van der Waals surface area contributed by atoms with Crippen molar-refractivity contribution in [3.8, 4) is 0 Å². The Morgan fingerprint density at radius 2 is 1.78 bits per heavy atom. The molecule has 0 aromatic heterocycles. The SMILES string of the molecule is CCc1ccc(NC(=O)CN2C(=O)S/C(=C/c3ccc(Cl)cc3)C2=O)cc1. The van der Waals surface area contributed by atoms with Crippen LogP contribution < -0.4 is 5.32 Å². The molecule has 27 heavy (non-hydrogen) atoms. The molecule has 7 heteroatoms. The van der Waals surface area contributed by atoms with Gasteiger partial charge in [-0.25, -0.2) is 0 Å². The summed E-state index contributed by atoms with van der Waals surface area (Å²) in [5.41, 5.74) is 2.54. The molecule has 3 rings (SSSR count). The van der Waals surface area contributed by atoms with Gasteiger partial charge in [0.15, 0.2) is 0 Å². The predicted molar refractivity (Wildman–Crippen MR) is 109 cm³/mol. The first-order chi connectivity index (χ1) is 13.0. The molecule has 0 unspecified atom stereocenters. The van der Waals surface area contributed by atoms with E-state index < -0.39 is 17.1 Å². The van der Waals surface area contributed by atoms with E-state index in [1.54, 1.807) is 42.5 Å². The van der Waals surface area contributed by atoms with Crippen LogP contribution in [0.4, 0.5) is 10.5 Å². The number of halogens is 1. The molecular formula is C20H17ClN2O3S. The predicted octanol–water partition coefficient (Wildman–Crippen LogP) is 4.58. The van der Waals surface area contributed by atoms with Gasteiger partial charge in [0.25, 0.3) is 11.1 Å². The Hall–Kier alpha value is -2.57. The number of carbonyl (C=O) groups excluding carboxylic acids is 3. The zero-order valence-electron chi connectivity index (χ0n) is 14.6. The number of aryl methyl sites for hydroxylation is 1. The minimum atomic E-state index is -0.476. The van der Waals surface area contributed by atoms with Crippen molar-refractivity contribution < 1.29 is 14.4 Å². The molecule has 1 N–H and O–H groups in total. The molecule has 0 spiro atoms. The molecule has 1 heterocycles. The minimum Gasteiger partial charge on any atom is -0.325 e. The summed E-state index contributed by atoms with van der Waals surface area (Å²) in [6.45, 7) is 1.73. The minimum absolute atomic E-state index is 0.280. The van der Waals surface area contributed by atoms with E-state index >= 15 is 0 Å². The van der Waals surface area contributed by atoms with Crippen LogP contribution in [0.3, 0.4) is 0 Å². The van der Waals surface area contributed by atoms with E-state index in [0.717, 1.165) is 34.2 Å². The summed E-state index contributed by atoms with van der Waals surface area (Å²) in [5.74, 6) is -0.897. The molecule has 1 saturated heterocycles. The van der Waals surface area contributed by atoms with Crippen molar-refractivity contribution in [1.82, 2.24) is 4.90 Å². The first-order valence-electron chi connectivity index (χ1n) is 8.36. The topological polar surface area (TPSA) is 66.5 Å². The Balaban J connectivity index is 1.65. The summed E-state index contributed by atoms with van der Waals surface area (Å²) in [6, 6.07) is 14.3. The van der Waals surface area contributed by atoms with Crippen molar-refractivity contribution in [3.63, 3.8) is 0 Å². The zero-order valence-corrected chi connectivity index (χ0v) is 16.1. The Morgan fingerprint density at radius 1 is 1.11 bits per heavy atom. The standard InChI is InChI=1S/C20H17ClN2O3S/c1-2-13-5-9-16(10-6-13)22-18(24)12-23-19(25)17(27-20(23)26)11-14-3-7-15(21)8-4-14/h3-11H,2,12H2,1H3,(H,22,24)/b17-11+. The van der Waals surface area contributed by atoms with Gasteiger partial charge in [0.1, 0.15) is 6.54 Å². The lowest BCUT2D eigenvalue weighted by Crippen LogP contribution is -2.36. The lowest BCUT2D eigenvalue weighted by atomic mass is 10.1. The van der Waals surface area contributed by atoms with Gasteiger partial charge in [-0.1, -0.05) is 42.8 Å². The highest BCUT2D eigenvalue weighted by molar-refractivity contribution is 8.18. The average molecular weight is 401 g/mol. The maximum Gasteiger partial charge on any atom is 0.294 e. The number of carbonyl (C=O) groups is 3. The van der Waals surface area contributed by atoms with Crippen LogP contribution >= 0.6 is 23.4 Å². The maximum atomic E-state index is 12.5. The zero-order chi connectivity index (χ0) is 19.4. The summed E-state index contributed by atoms with van der Waals surface area (Å²) >= 11 is 6.66. The van der Waals surface area contributed by atoms with Gasteiger partial charge in [0.05, 0.1) is 4.91 Å². The molecular weight excluding hydrogens is 384 g/mol.